The SMILES string of the molecule is CC(C)(C)Nc1cnc2ccc(/C(=C/N)C(=N)c3ccc(F)cc3)cn12. The molecular weight excluding hydrogens is 329 g/mol. The monoisotopic (exact) mass is 351 g/mol. The van der Waals surface area contributed by atoms with Crippen LogP contribution < -0.4 is 11.1 Å². The van der Waals surface area contributed by atoms with Gasteiger partial charge in [0.25, 0.3) is 0 Å². The Balaban J connectivity index is 2.01. The lowest BCUT2D eigenvalue weighted by atomic mass is 9.98. The maximum absolute atomic E-state index is 13.1. The van der Waals surface area contributed by atoms with Crippen LogP contribution in [0.25, 0.3) is 11.2 Å². The molecule has 3 aromatic rings. The second kappa shape index (κ2) is 6.63. The van der Waals surface area contributed by atoms with Gasteiger partial charge in [-0.05, 0) is 57.2 Å². The van der Waals surface area contributed by atoms with Crippen molar-refractivity contribution in [2.45, 2.75) is 26.3 Å². The molecule has 6 heteroatoms. The summed E-state index contributed by atoms with van der Waals surface area (Å²) in [6, 6.07) is 9.57. The summed E-state index contributed by atoms with van der Waals surface area (Å²) in [6.07, 6.45) is 5.08. The highest BCUT2D eigenvalue weighted by molar-refractivity contribution is 6.30. The summed E-state index contributed by atoms with van der Waals surface area (Å²) in [5.74, 6) is 0.525. The summed E-state index contributed by atoms with van der Waals surface area (Å²) in [5, 5.41) is 11.9. The average Bonchev–Trinajstić information content (AvgIpc) is 2.97. The summed E-state index contributed by atoms with van der Waals surface area (Å²) < 4.78 is 15.1. The van der Waals surface area contributed by atoms with E-state index in [4.69, 9.17) is 11.1 Å². The Morgan fingerprint density at radius 3 is 2.42 bits per heavy atom. The Labute approximate surface area is 151 Å². The minimum atomic E-state index is -0.336. The van der Waals surface area contributed by atoms with E-state index in [-0.39, 0.29) is 17.1 Å². The fourth-order valence-electron chi connectivity index (χ4n) is 2.71. The molecular formula is C20H22FN5. The van der Waals surface area contributed by atoms with Crippen LogP contribution in [-0.2, 0) is 0 Å². The molecule has 0 aliphatic heterocycles. The summed E-state index contributed by atoms with van der Waals surface area (Å²) in [5.41, 5.74) is 8.68. The molecule has 0 bridgehead atoms. The van der Waals surface area contributed by atoms with Gasteiger partial charge >= 0.3 is 0 Å². The molecule has 4 N–H and O–H groups in total. The zero-order valence-electron chi connectivity index (χ0n) is 15.0. The highest BCUT2D eigenvalue weighted by atomic mass is 19.1. The summed E-state index contributed by atoms with van der Waals surface area (Å²) in [6.45, 7) is 6.23. The highest BCUT2D eigenvalue weighted by Gasteiger charge is 2.15. The minimum absolute atomic E-state index is 0.112. The molecule has 0 unspecified atom stereocenters. The summed E-state index contributed by atoms with van der Waals surface area (Å²) in [4.78, 5) is 4.40. The van der Waals surface area contributed by atoms with E-state index in [0.717, 1.165) is 17.0 Å². The molecule has 1 aromatic carbocycles. The predicted molar refractivity (Wildman–Crippen MR) is 104 cm³/mol. The fourth-order valence-corrected chi connectivity index (χ4v) is 2.71. The van der Waals surface area contributed by atoms with E-state index in [2.05, 4.69) is 31.1 Å². The van der Waals surface area contributed by atoms with E-state index in [1.807, 2.05) is 22.7 Å². The number of nitrogens with two attached hydrogens (primary N) is 1. The van der Waals surface area contributed by atoms with Crippen molar-refractivity contribution in [3.05, 3.63) is 71.9 Å². The van der Waals surface area contributed by atoms with Crippen LogP contribution in [0.15, 0.2) is 55.0 Å². The third kappa shape index (κ3) is 3.59. The topological polar surface area (TPSA) is 79.2 Å². The first kappa shape index (κ1) is 17.7. The number of fused-ring (bicyclic) bond motifs is 1. The normalized spacial score (nSPS) is 12.4. The Hall–Kier alpha value is -3.15. The van der Waals surface area contributed by atoms with Gasteiger partial charge < -0.3 is 11.1 Å². The number of hydrogen-bond acceptors (Lipinski definition) is 4. The summed E-state index contributed by atoms with van der Waals surface area (Å²) in [7, 11) is 0. The second-order valence-corrected chi connectivity index (χ2v) is 7.13. The number of rotatable bonds is 4. The van der Waals surface area contributed by atoms with E-state index in [9.17, 15) is 4.39 Å². The number of pyridine rings is 1. The molecule has 5 nitrogen and oxygen atoms in total. The van der Waals surface area contributed by atoms with E-state index in [0.29, 0.717) is 11.1 Å². The van der Waals surface area contributed by atoms with Gasteiger partial charge in [0.1, 0.15) is 17.3 Å². The largest absolute Gasteiger partial charge is 0.404 e. The number of halogens is 1. The maximum atomic E-state index is 13.1. The zero-order chi connectivity index (χ0) is 18.9. The van der Waals surface area contributed by atoms with E-state index in [1.165, 1.54) is 18.3 Å². The first-order valence-electron chi connectivity index (χ1n) is 8.31. The van der Waals surface area contributed by atoms with E-state index >= 15 is 0 Å². The van der Waals surface area contributed by atoms with Gasteiger partial charge in [0.05, 0.1) is 11.9 Å². The third-order valence-corrected chi connectivity index (χ3v) is 3.89. The van der Waals surface area contributed by atoms with Crippen molar-refractivity contribution >= 4 is 22.7 Å². The van der Waals surface area contributed by atoms with Crippen molar-refractivity contribution in [2.24, 2.45) is 5.73 Å². The highest BCUT2D eigenvalue weighted by Crippen LogP contribution is 2.23. The van der Waals surface area contributed by atoms with Crippen LogP contribution in [0.1, 0.15) is 31.9 Å². The lowest BCUT2D eigenvalue weighted by Crippen LogP contribution is -2.26. The van der Waals surface area contributed by atoms with Gasteiger partial charge in [-0.2, -0.15) is 0 Å². The van der Waals surface area contributed by atoms with Gasteiger partial charge in [0, 0.05) is 34.6 Å². The number of nitrogens with zero attached hydrogens (tertiary/aromatic N) is 2. The molecule has 2 heterocycles. The number of anilines is 1. The van der Waals surface area contributed by atoms with Crippen LogP contribution in [0.5, 0.6) is 0 Å². The number of imidazole rings is 1. The first-order chi connectivity index (χ1) is 12.3. The molecule has 2 aromatic heterocycles. The quantitative estimate of drug-likeness (QED) is 0.620. The van der Waals surface area contributed by atoms with E-state index in [1.54, 1.807) is 18.3 Å². The van der Waals surface area contributed by atoms with Crippen molar-refractivity contribution in [3.63, 3.8) is 0 Å². The molecule has 3 rings (SSSR count). The number of benzene rings is 1. The standard InChI is InChI=1S/C20H22FN5/c1-20(2,3)25-18-11-24-17-9-6-14(12-26(17)18)16(10-22)19(23)13-4-7-15(21)8-5-13/h4-12,23,25H,22H2,1-3H3/b16-10-,23-19?. The van der Waals surface area contributed by atoms with Crippen LogP contribution >= 0.6 is 0 Å². The molecule has 0 atom stereocenters. The van der Waals surface area contributed by atoms with Crippen LogP contribution in [0.2, 0.25) is 0 Å². The molecule has 134 valence electrons. The van der Waals surface area contributed by atoms with Gasteiger partial charge in [-0.3, -0.25) is 9.81 Å². The summed E-state index contributed by atoms with van der Waals surface area (Å²) >= 11 is 0. The van der Waals surface area contributed by atoms with Crippen LogP contribution in [0.3, 0.4) is 0 Å². The van der Waals surface area contributed by atoms with Crippen molar-refractivity contribution < 1.29 is 4.39 Å². The number of hydrogen-bond donors (Lipinski definition) is 3. The molecule has 0 saturated carbocycles. The molecule has 0 radical (unpaired) electrons. The molecule has 0 fully saturated rings. The Bertz CT molecular complexity index is 978. The molecule has 26 heavy (non-hydrogen) atoms. The zero-order valence-corrected chi connectivity index (χ0v) is 15.0. The molecule has 0 saturated heterocycles. The Morgan fingerprint density at radius 2 is 1.81 bits per heavy atom. The Kier molecular flexibility index (Phi) is 4.50. The van der Waals surface area contributed by atoms with Crippen molar-refractivity contribution in [3.8, 4) is 0 Å². The van der Waals surface area contributed by atoms with Crippen LogP contribution in [0, 0.1) is 11.2 Å². The minimum Gasteiger partial charge on any atom is -0.404 e. The number of nitrogens with one attached hydrogen (secondary N) is 2. The predicted octanol–water partition coefficient (Wildman–Crippen LogP) is 4.05. The molecule has 0 amide bonds. The van der Waals surface area contributed by atoms with Crippen molar-refractivity contribution in [1.29, 1.82) is 5.41 Å². The van der Waals surface area contributed by atoms with Crippen molar-refractivity contribution in [1.82, 2.24) is 9.38 Å². The van der Waals surface area contributed by atoms with Crippen molar-refractivity contribution in [2.75, 3.05) is 5.32 Å². The van der Waals surface area contributed by atoms with Gasteiger partial charge in [0.2, 0.25) is 0 Å². The smallest absolute Gasteiger partial charge is 0.138 e. The Morgan fingerprint density at radius 1 is 1.15 bits per heavy atom. The number of aromatic nitrogens is 2. The second-order valence-electron chi connectivity index (χ2n) is 7.13. The lowest BCUT2D eigenvalue weighted by Gasteiger charge is -2.21. The van der Waals surface area contributed by atoms with Crippen LogP contribution in [-0.4, -0.2) is 20.6 Å². The number of allylic oxidation sites excluding steroid dienone is 1. The van der Waals surface area contributed by atoms with Gasteiger partial charge in [-0.1, -0.05) is 0 Å². The molecule has 0 aliphatic carbocycles. The first-order valence-corrected chi connectivity index (χ1v) is 8.31. The lowest BCUT2D eigenvalue weighted by molar-refractivity contribution is 0.627. The maximum Gasteiger partial charge on any atom is 0.138 e. The molecule has 0 aliphatic rings. The van der Waals surface area contributed by atoms with Crippen LogP contribution in [0.4, 0.5) is 10.2 Å². The molecule has 0 spiro atoms. The fraction of sp³-hybridized carbons (Fsp3) is 0.200. The van der Waals surface area contributed by atoms with E-state index < -0.39 is 0 Å². The van der Waals surface area contributed by atoms with Gasteiger partial charge in [-0.25, -0.2) is 9.37 Å². The van der Waals surface area contributed by atoms with Gasteiger partial charge in [0.15, 0.2) is 0 Å². The third-order valence-electron chi connectivity index (χ3n) is 3.89. The van der Waals surface area contributed by atoms with Gasteiger partial charge in [-0.15, -0.1) is 0 Å². The average molecular weight is 351 g/mol.